The molecule has 6 heteroatoms. The maximum Gasteiger partial charge on any atom is 0.269 e. The molecule has 21 heavy (non-hydrogen) atoms. The Morgan fingerprint density at radius 3 is 2.62 bits per heavy atom. The standard InChI is InChI=1S/C15H14N2O4/c1-10-8-12(17(19)20)4-5-14(10)21-13-6-7-16(11-2-3-11)15(18)9-13/h4-9,11H,2-3H2,1H3. The van der Waals surface area contributed by atoms with Crippen molar-refractivity contribution in [2.45, 2.75) is 25.8 Å². The summed E-state index contributed by atoms with van der Waals surface area (Å²) in [6.07, 6.45) is 3.82. The number of nitrogens with zero attached hydrogens (tertiary/aromatic N) is 2. The number of pyridine rings is 1. The third-order valence-electron chi connectivity index (χ3n) is 3.46. The summed E-state index contributed by atoms with van der Waals surface area (Å²) in [4.78, 5) is 22.2. The van der Waals surface area contributed by atoms with Crippen molar-refractivity contribution in [3.05, 3.63) is 62.6 Å². The number of hydrogen-bond donors (Lipinski definition) is 0. The number of aromatic nitrogens is 1. The molecule has 0 aliphatic heterocycles. The van der Waals surface area contributed by atoms with Gasteiger partial charge in [0.1, 0.15) is 11.5 Å². The summed E-state index contributed by atoms with van der Waals surface area (Å²) in [5.41, 5.74) is 0.578. The lowest BCUT2D eigenvalue weighted by Gasteiger charge is -2.09. The highest BCUT2D eigenvalue weighted by Gasteiger charge is 2.24. The summed E-state index contributed by atoms with van der Waals surface area (Å²) >= 11 is 0. The summed E-state index contributed by atoms with van der Waals surface area (Å²) in [5.74, 6) is 0.943. The average Bonchev–Trinajstić information content (AvgIpc) is 3.25. The monoisotopic (exact) mass is 286 g/mol. The lowest BCUT2D eigenvalue weighted by molar-refractivity contribution is -0.384. The van der Waals surface area contributed by atoms with Crippen LogP contribution in [0.4, 0.5) is 5.69 Å². The van der Waals surface area contributed by atoms with E-state index in [2.05, 4.69) is 0 Å². The Morgan fingerprint density at radius 2 is 2.05 bits per heavy atom. The zero-order chi connectivity index (χ0) is 15.0. The molecule has 108 valence electrons. The van der Waals surface area contributed by atoms with E-state index in [1.54, 1.807) is 29.8 Å². The molecule has 3 rings (SSSR count). The first-order chi connectivity index (χ1) is 10.0. The van der Waals surface area contributed by atoms with E-state index in [4.69, 9.17) is 4.74 Å². The summed E-state index contributed by atoms with van der Waals surface area (Å²) in [5, 5.41) is 10.7. The number of nitro groups is 1. The topological polar surface area (TPSA) is 74.4 Å². The van der Waals surface area contributed by atoms with Crippen LogP contribution in [0.25, 0.3) is 0 Å². The first kappa shape index (κ1) is 13.4. The molecule has 1 aliphatic rings. The molecule has 0 amide bonds. The molecule has 0 saturated heterocycles. The molecule has 0 radical (unpaired) electrons. The van der Waals surface area contributed by atoms with Crippen molar-refractivity contribution in [3.63, 3.8) is 0 Å². The van der Waals surface area contributed by atoms with Crippen LogP contribution in [0.5, 0.6) is 11.5 Å². The van der Waals surface area contributed by atoms with E-state index in [1.165, 1.54) is 18.2 Å². The van der Waals surface area contributed by atoms with Crippen molar-refractivity contribution in [3.8, 4) is 11.5 Å². The maximum atomic E-state index is 11.9. The van der Waals surface area contributed by atoms with Crippen molar-refractivity contribution in [2.75, 3.05) is 0 Å². The average molecular weight is 286 g/mol. The molecular formula is C15H14N2O4. The quantitative estimate of drug-likeness (QED) is 0.639. The number of ether oxygens (including phenoxy) is 1. The van der Waals surface area contributed by atoms with Crippen LogP contribution in [0, 0.1) is 17.0 Å². The van der Waals surface area contributed by atoms with Crippen molar-refractivity contribution in [1.82, 2.24) is 4.57 Å². The van der Waals surface area contributed by atoms with Crippen LogP contribution in [-0.4, -0.2) is 9.49 Å². The van der Waals surface area contributed by atoms with Gasteiger partial charge in [-0.3, -0.25) is 14.9 Å². The Hall–Kier alpha value is -2.63. The molecule has 0 atom stereocenters. The van der Waals surface area contributed by atoms with Crippen LogP contribution < -0.4 is 10.3 Å². The van der Waals surface area contributed by atoms with Crippen LogP contribution in [0.3, 0.4) is 0 Å². The van der Waals surface area contributed by atoms with Crippen LogP contribution in [0.1, 0.15) is 24.4 Å². The summed E-state index contributed by atoms with van der Waals surface area (Å²) in [7, 11) is 0. The Bertz CT molecular complexity index is 763. The Morgan fingerprint density at radius 1 is 1.29 bits per heavy atom. The largest absolute Gasteiger partial charge is 0.457 e. The van der Waals surface area contributed by atoms with Gasteiger partial charge in [-0.1, -0.05) is 0 Å². The fourth-order valence-electron chi connectivity index (χ4n) is 2.18. The van der Waals surface area contributed by atoms with Crippen molar-refractivity contribution in [1.29, 1.82) is 0 Å². The number of non-ortho nitro benzene ring substituents is 1. The molecule has 1 saturated carbocycles. The third kappa shape index (κ3) is 2.79. The molecule has 0 N–H and O–H groups in total. The van der Waals surface area contributed by atoms with Crippen LogP contribution in [0.15, 0.2) is 41.3 Å². The molecule has 0 bridgehead atoms. The van der Waals surface area contributed by atoms with Gasteiger partial charge in [-0.25, -0.2) is 0 Å². The van der Waals surface area contributed by atoms with E-state index >= 15 is 0 Å². The number of nitro benzene ring substituents is 1. The highest BCUT2D eigenvalue weighted by molar-refractivity contribution is 5.44. The third-order valence-corrected chi connectivity index (χ3v) is 3.46. The second-order valence-electron chi connectivity index (χ2n) is 5.15. The van der Waals surface area contributed by atoms with Gasteiger partial charge in [0.05, 0.1) is 4.92 Å². The van der Waals surface area contributed by atoms with Gasteiger partial charge < -0.3 is 9.30 Å². The molecule has 1 aromatic heterocycles. The minimum atomic E-state index is -0.451. The Labute approximate surface area is 120 Å². The van der Waals surface area contributed by atoms with E-state index in [1.807, 2.05) is 0 Å². The zero-order valence-electron chi connectivity index (χ0n) is 11.5. The number of benzene rings is 1. The van der Waals surface area contributed by atoms with Crippen LogP contribution in [0.2, 0.25) is 0 Å². The molecule has 0 spiro atoms. The predicted octanol–water partition coefficient (Wildman–Crippen LogP) is 3.19. The van der Waals surface area contributed by atoms with Crippen LogP contribution in [-0.2, 0) is 0 Å². The van der Waals surface area contributed by atoms with Gasteiger partial charge in [0, 0.05) is 30.4 Å². The molecule has 1 fully saturated rings. The maximum absolute atomic E-state index is 11.9. The minimum Gasteiger partial charge on any atom is -0.457 e. The highest BCUT2D eigenvalue weighted by Crippen LogP contribution is 2.34. The van der Waals surface area contributed by atoms with Gasteiger partial charge in [0.2, 0.25) is 0 Å². The molecule has 2 aromatic rings. The molecule has 1 heterocycles. The van der Waals surface area contributed by atoms with Crippen molar-refractivity contribution in [2.24, 2.45) is 0 Å². The van der Waals surface area contributed by atoms with Gasteiger partial charge in [-0.15, -0.1) is 0 Å². The number of aryl methyl sites for hydroxylation is 1. The van der Waals surface area contributed by atoms with Crippen molar-refractivity contribution < 1.29 is 9.66 Å². The number of rotatable bonds is 4. The van der Waals surface area contributed by atoms with Gasteiger partial charge in [0.15, 0.2) is 0 Å². The molecule has 0 unspecified atom stereocenters. The fraction of sp³-hybridized carbons (Fsp3) is 0.267. The predicted molar refractivity (Wildman–Crippen MR) is 76.9 cm³/mol. The molecule has 1 aromatic carbocycles. The van der Waals surface area contributed by atoms with Crippen molar-refractivity contribution >= 4 is 5.69 Å². The second kappa shape index (κ2) is 5.05. The van der Waals surface area contributed by atoms with Gasteiger partial charge >= 0.3 is 0 Å². The fourth-order valence-corrected chi connectivity index (χ4v) is 2.18. The first-order valence-corrected chi connectivity index (χ1v) is 6.70. The second-order valence-corrected chi connectivity index (χ2v) is 5.15. The Balaban J connectivity index is 1.85. The zero-order valence-corrected chi connectivity index (χ0v) is 11.5. The minimum absolute atomic E-state index is 0.0176. The number of hydrogen-bond acceptors (Lipinski definition) is 4. The van der Waals surface area contributed by atoms with E-state index in [-0.39, 0.29) is 11.2 Å². The lowest BCUT2D eigenvalue weighted by atomic mass is 10.2. The molecule has 6 nitrogen and oxygen atoms in total. The Kier molecular flexibility index (Phi) is 3.21. The normalized spacial score (nSPS) is 14.0. The highest BCUT2D eigenvalue weighted by atomic mass is 16.6. The van der Waals surface area contributed by atoms with Crippen LogP contribution >= 0.6 is 0 Å². The van der Waals surface area contributed by atoms with E-state index < -0.39 is 4.92 Å². The molecule has 1 aliphatic carbocycles. The SMILES string of the molecule is Cc1cc([N+](=O)[O-])ccc1Oc1ccn(C2CC2)c(=O)c1. The smallest absolute Gasteiger partial charge is 0.269 e. The summed E-state index contributed by atoms with van der Waals surface area (Å²) in [6.45, 7) is 1.73. The van der Waals surface area contributed by atoms with E-state index in [0.717, 1.165) is 12.8 Å². The van der Waals surface area contributed by atoms with Gasteiger partial charge in [-0.05, 0) is 37.5 Å². The summed E-state index contributed by atoms with van der Waals surface area (Å²) < 4.78 is 7.35. The lowest BCUT2D eigenvalue weighted by Crippen LogP contribution is -2.16. The summed E-state index contributed by atoms with van der Waals surface area (Å²) in [6, 6.07) is 7.88. The van der Waals surface area contributed by atoms with E-state index in [9.17, 15) is 14.9 Å². The van der Waals surface area contributed by atoms with Gasteiger partial charge in [0.25, 0.3) is 11.2 Å². The first-order valence-electron chi connectivity index (χ1n) is 6.70. The van der Waals surface area contributed by atoms with Gasteiger partial charge in [-0.2, -0.15) is 0 Å². The molecular weight excluding hydrogens is 272 g/mol. The van der Waals surface area contributed by atoms with E-state index in [0.29, 0.717) is 23.1 Å².